The molecule has 2 fully saturated rings. The smallest absolute Gasteiger partial charge is 0.294 e. The fraction of sp³-hybridized carbons (Fsp3) is 0.353. The van der Waals surface area contributed by atoms with Gasteiger partial charge in [-0.15, -0.1) is 0 Å². The summed E-state index contributed by atoms with van der Waals surface area (Å²) in [4.78, 5) is 37.7. The Morgan fingerprint density at radius 2 is 2.19 bits per heavy atom. The first-order chi connectivity index (χ1) is 12.4. The number of halogens is 2. The summed E-state index contributed by atoms with van der Waals surface area (Å²) < 4.78 is 5.42. The first kappa shape index (κ1) is 19.2. The number of imide groups is 1. The zero-order valence-electron chi connectivity index (χ0n) is 13.7. The molecule has 3 amide bonds. The highest BCUT2D eigenvalue weighted by Crippen LogP contribution is 2.33. The molecule has 1 atom stereocenters. The lowest BCUT2D eigenvalue weighted by Crippen LogP contribution is -2.41. The predicted octanol–water partition coefficient (Wildman–Crippen LogP) is 3.32. The van der Waals surface area contributed by atoms with E-state index >= 15 is 0 Å². The molecule has 2 aliphatic rings. The average Bonchev–Trinajstić information content (AvgIpc) is 3.20. The minimum absolute atomic E-state index is 0.000750. The van der Waals surface area contributed by atoms with Gasteiger partial charge in [0, 0.05) is 23.2 Å². The summed E-state index contributed by atoms with van der Waals surface area (Å²) in [7, 11) is 0. The molecular weight excluding hydrogens is 399 g/mol. The molecule has 0 radical (unpaired) electrons. The van der Waals surface area contributed by atoms with Crippen LogP contribution in [0.5, 0.6) is 0 Å². The van der Waals surface area contributed by atoms with Crippen LogP contribution >= 0.6 is 35.0 Å². The van der Waals surface area contributed by atoms with Gasteiger partial charge in [-0.05, 0) is 48.4 Å². The van der Waals surface area contributed by atoms with Crippen LogP contribution in [0, 0.1) is 0 Å². The summed E-state index contributed by atoms with van der Waals surface area (Å²) in [5.41, 5.74) is 0.574. The van der Waals surface area contributed by atoms with Crippen LogP contribution in [-0.4, -0.2) is 47.8 Å². The van der Waals surface area contributed by atoms with Crippen molar-refractivity contribution >= 4 is 58.1 Å². The number of thioether (sulfide) groups is 1. The highest BCUT2D eigenvalue weighted by Gasteiger charge is 2.36. The Morgan fingerprint density at radius 1 is 1.38 bits per heavy atom. The van der Waals surface area contributed by atoms with Gasteiger partial charge < -0.3 is 10.1 Å². The highest BCUT2D eigenvalue weighted by molar-refractivity contribution is 8.18. The van der Waals surface area contributed by atoms with Crippen molar-refractivity contribution in [3.05, 3.63) is 38.7 Å². The van der Waals surface area contributed by atoms with Crippen LogP contribution in [0.2, 0.25) is 10.0 Å². The topological polar surface area (TPSA) is 75.7 Å². The molecule has 3 rings (SSSR count). The van der Waals surface area contributed by atoms with E-state index in [1.54, 1.807) is 18.2 Å². The molecule has 0 spiro atoms. The second-order valence-electron chi connectivity index (χ2n) is 5.87. The van der Waals surface area contributed by atoms with E-state index in [0.29, 0.717) is 28.8 Å². The van der Waals surface area contributed by atoms with Gasteiger partial charge in [-0.25, -0.2) is 0 Å². The minimum Gasteiger partial charge on any atom is -0.376 e. The third-order valence-electron chi connectivity index (χ3n) is 3.98. The number of nitrogens with zero attached hydrogens (tertiary/aromatic N) is 1. The molecule has 1 aromatic rings. The molecule has 1 N–H and O–H groups in total. The van der Waals surface area contributed by atoms with Gasteiger partial charge >= 0.3 is 0 Å². The van der Waals surface area contributed by atoms with Gasteiger partial charge in [-0.1, -0.05) is 29.3 Å². The first-order valence-corrected chi connectivity index (χ1v) is 9.60. The summed E-state index contributed by atoms with van der Waals surface area (Å²) in [5.74, 6) is -0.910. The van der Waals surface area contributed by atoms with E-state index in [1.807, 2.05) is 0 Å². The Morgan fingerprint density at radius 3 is 2.88 bits per heavy atom. The summed E-state index contributed by atoms with van der Waals surface area (Å²) in [6.45, 7) is 0.760. The molecule has 0 unspecified atom stereocenters. The van der Waals surface area contributed by atoms with Crippen LogP contribution in [0.3, 0.4) is 0 Å². The van der Waals surface area contributed by atoms with E-state index < -0.39 is 17.1 Å². The lowest BCUT2D eigenvalue weighted by Gasteiger charge is -2.14. The summed E-state index contributed by atoms with van der Waals surface area (Å²) in [6, 6.07) is 4.85. The highest BCUT2D eigenvalue weighted by atomic mass is 35.5. The molecule has 0 aliphatic carbocycles. The lowest BCUT2D eigenvalue weighted by molar-refractivity contribution is -0.129. The maximum absolute atomic E-state index is 12.4. The lowest BCUT2D eigenvalue weighted by atomic mass is 10.2. The van der Waals surface area contributed by atoms with Crippen LogP contribution in [0.15, 0.2) is 23.1 Å². The zero-order chi connectivity index (χ0) is 18.7. The Hall–Kier alpha value is -1.54. The molecule has 0 aromatic heterocycles. The van der Waals surface area contributed by atoms with E-state index in [1.165, 1.54) is 6.08 Å². The van der Waals surface area contributed by atoms with Crippen LogP contribution in [0.25, 0.3) is 6.08 Å². The van der Waals surface area contributed by atoms with Crippen LogP contribution in [0.1, 0.15) is 18.4 Å². The van der Waals surface area contributed by atoms with E-state index in [-0.39, 0.29) is 17.6 Å². The zero-order valence-corrected chi connectivity index (χ0v) is 16.0. The van der Waals surface area contributed by atoms with Crippen molar-refractivity contribution in [1.29, 1.82) is 0 Å². The molecule has 0 bridgehead atoms. The number of carbonyl (C=O) groups is 3. The van der Waals surface area contributed by atoms with Crippen molar-refractivity contribution < 1.29 is 19.1 Å². The van der Waals surface area contributed by atoms with Gasteiger partial charge in [0.2, 0.25) is 5.91 Å². The van der Waals surface area contributed by atoms with Crippen molar-refractivity contribution in [2.75, 3.05) is 19.7 Å². The number of rotatable bonds is 5. The second kappa shape index (κ2) is 8.43. The molecule has 2 aliphatic heterocycles. The monoisotopic (exact) mass is 414 g/mol. The van der Waals surface area contributed by atoms with Crippen LogP contribution in [-0.2, 0) is 14.3 Å². The molecular formula is C17H16Cl2N2O4S. The molecule has 0 saturated carbocycles. The van der Waals surface area contributed by atoms with Crippen molar-refractivity contribution in [3.8, 4) is 0 Å². The van der Waals surface area contributed by atoms with E-state index in [2.05, 4.69) is 5.32 Å². The largest absolute Gasteiger partial charge is 0.376 e. The van der Waals surface area contributed by atoms with Gasteiger partial charge in [0.15, 0.2) is 0 Å². The van der Waals surface area contributed by atoms with Crippen molar-refractivity contribution in [2.24, 2.45) is 0 Å². The maximum Gasteiger partial charge on any atom is 0.294 e. The number of carbonyl (C=O) groups excluding carboxylic acids is 3. The Bertz CT molecular complexity index is 778. The Kier molecular flexibility index (Phi) is 6.24. The predicted molar refractivity (Wildman–Crippen MR) is 101 cm³/mol. The quantitative estimate of drug-likeness (QED) is 0.747. The number of ether oxygens (including phenoxy) is 1. The fourth-order valence-corrected chi connectivity index (χ4v) is 3.92. The van der Waals surface area contributed by atoms with E-state index in [0.717, 1.165) is 29.5 Å². The third kappa shape index (κ3) is 4.59. The summed E-state index contributed by atoms with van der Waals surface area (Å²) in [5, 5.41) is 3.06. The first-order valence-electron chi connectivity index (χ1n) is 8.03. The van der Waals surface area contributed by atoms with Gasteiger partial charge in [0.25, 0.3) is 11.1 Å². The van der Waals surface area contributed by atoms with Gasteiger partial charge in [0.1, 0.15) is 6.54 Å². The molecule has 9 heteroatoms. The summed E-state index contributed by atoms with van der Waals surface area (Å²) in [6.07, 6.45) is 3.39. The van der Waals surface area contributed by atoms with E-state index in [4.69, 9.17) is 27.9 Å². The minimum atomic E-state index is -0.515. The van der Waals surface area contributed by atoms with Crippen LogP contribution < -0.4 is 5.32 Å². The Balaban J connectivity index is 1.62. The maximum atomic E-state index is 12.4. The van der Waals surface area contributed by atoms with Crippen molar-refractivity contribution in [1.82, 2.24) is 10.2 Å². The molecule has 1 aromatic carbocycles. The van der Waals surface area contributed by atoms with Gasteiger partial charge in [0.05, 0.1) is 11.0 Å². The fourth-order valence-electron chi connectivity index (χ4n) is 2.63. The number of hydrogen-bond acceptors (Lipinski definition) is 5. The van der Waals surface area contributed by atoms with Gasteiger partial charge in [-0.3, -0.25) is 19.3 Å². The number of nitrogens with one attached hydrogen (secondary N) is 1. The average molecular weight is 415 g/mol. The Labute approximate surface area is 164 Å². The number of benzene rings is 1. The number of hydrogen-bond donors (Lipinski definition) is 1. The SMILES string of the molecule is O=C(CN1C(=O)S/C(=C\c2ccc(Cl)cc2Cl)C1=O)NC[C@@H]1CCCO1. The van der Waals surface area contributed by atoms with Crippen LogP contribution in [0.4, 0.5) is 4.79 Å². The van der Waals surface area contributed by atoms with Crippen molar-refractivity contribution in [3.63, 3.8) is 0 Å². The third-order valence-corrected chi connectivity index (χ3v) is 5.45. The standard InChI is InChI=1S/C17H16Cl2N2O4S/c18-11-4-3-10(13(19)7-11)6-14-16(23)21(17(24)26-14)9-15(22)20-8-12-2-1-5-25-12/h3-4,6-7,12H,1-2,5,8-9H2,(H,20,22)/b14-6-/t12-/m0/s1. The second-order valence-corrected chi connectivity index (χ2v) is 7.71. The molecule has 2 saturated heterocycles. The molecule has 2 heterocycles. The van der Waals surface area contributed by atoms with E-state index in [9.17, 15) is 14.4 Å². The summed E-state index contributed by atoms with van der Waals surface area (Å²) >= 11 is 12.7. The normalized spacial score (nSPS) is 21.7. The van der Waals surface area contributed by atoms with Gasteiger partial charge in [-0.2, -0.15) is 0 Å². The number of amides is 3. The van der Waals surface area contributed by atoms with Crippen molar-refractivity contribution in [2.45, 2.75) is 18.9 Å². The molecule has 6 nitrogen and oxygen atoms in total. The molecule has 26 heavy (non-hydrogen) atoms. The molecule has 138 valence electrons.